The van der Waals surface area contributed by atoms with Crippen LogP contribution in [0.1, 0.15) is 55.2 Å². The molecule has 3 N–H and O–H groups in total. The van der Waals surface area contributed by atoms with Crippen molar-refractivity contribution in [2.45, 2.75) is 70.1 Å². The number of rotatable bonds is 5. The van der Waals surface area contributed by atoms with Crippen LogP contribution in [0.15, 0.2) is 18.2 Å². The number of fused-ring (bicyclic) bond motifs is 1. The average molecular weight is 329 g/mol. The number of piperidine rings is 1. The van der Waals surface area contributed by atoms with E-state index in [-0.39, 0.29) is 12.1 Å². The van der Waals surface area contributed by atoms with E-state index < -0.39 is 0 Å². The van der Waals surface area contributed by atoms with Crippen molar-refractivity contribution in [2.24, 2.45) is 17.6 Å². The van der Waals surface area contributed by atoms with Crippen molar-refractivity contribution in [2.75, 3.05) is 13.1 Å². The highest BCUT2D eigenvalue weighted by atomic mass is 16.3. The first kappa shape index (κ1) is 16.6. The lowest BCUT2D eigenvalue weighted by molar-refractivity contribution is 0.0781. The van der Waals surface area contributed by atoms with Crippen LogP contribution in [-0.4, -0.2) is 35.2 Å². The van der Waals surface area contributed by atoms with E-state index in [1.807, 2.05) is 0 Å². The SMILES string of the molecule is NC1CC(CC(O)C2CC2)CN(Cc2ccc3c(c2)CCCC3)C1. The van der Waals surface area contributed by atoms with Crippen LogP contribution in [0.25, 0.3) is 0 Å². The summed E-state index contributed by atoms with van der Waals surface area (Å²) in [7, 11) is 0. The summed E-state index contributed by atoms with van der Waals surface area (Å²) >= 11 is 0. The fourth-order valence-electron chi connectivity index (χ4n) is 4.81. The molecule has 0 radical (unpaired) electrons. The Balaban J connectivity index is 1.37. The van der Waals surface area contributed by atoms with E-state index in [1.54, 1.807) is 11.1 Å². The highest BCUT2D eigenvalue weighted by molar-refractivity contribution is 5.33. The number of hydrogen-bond donors (Lipinski definition) is 2. The van der Waals surface area contributed by atoms with Crippen molar-refractivity contribution in [1.82, 2.24) is 4.90 Å². The topological polar surface area (TPSA) is 49.5 Å². The average Bonchev–Trinajstić information content (AvgIpc) is 3.39. The second kappa shape index (κ2) is 7.15. The molecule has 3 heteroatoms. The molecule has 1 aromatic rings. The van der Waals surface area contributed by atoms with Gasteiger partial charge in [0.2, 0.25) is 0 Å². The van der Waals surface area contributed by atoms with E-state index >= 15 is 0 Å². The molecule has 24 heavy (non-hydrogen) atoms. The van der Waals surface area contributed by atoms with Crippen molar-refractivity contribution in [3.63, 3.8) is 0 Å². The predicted octanol–water partition coefficient (Wildman–Crippen LogP) is 2.88. The van der Waals surface area contributed by atoms with Crippen molar-refractivity contribution >= 4 is 0 Å². The smallest absolute Gasteiger partial charge is 0.0571 e. The normalized spacial score (nSPS) is 29.2. The molecule has 2 fully saturated rings. The van der Waals surface area contributed by atoms with E-state index in [0.29, 0.717) is 11.8 Å². The van der Waals surface area contributed by atoms with Gasteiger partial charge in [-0.15, -0.1) is 0 Å². The maximum absolute atomic E-state index is 10.3. The van der Waals surface area contributed by atoms with Crippen molar-refractivity contribution in [3.05, 3.63) is 34.9 Å². The first-order valence-corrected chi connectivity index (χ1v) is 9.94. The Labute approximate surface area is 146 Å². The van der Waals surface area contributed by atoms with Gasteiger partial charge in [-0.2, -0.15) is 0 Å². The van der Waals surface area contributed by atoms with E-state index in [9.17, 15) is 5.11 Å². The Morgan fingerprint density at radius 3 is 2.71 bits per heavy atom. The minimum absolute atomic E-state index is 0.0918. The fraction of sp³-hybridized carbons (Fsp3) is 0.714. The van der Waals surface area contributed by atoms with Gasteiger partial charge in [-0.05, 0) is 79.9 Å². The van der Waals surface area contributed by atoms with Crippen LogP contribution >= 0.6 is 0 Å². The van der Waals surface area contributed by atoms with Gasteiger partial charge < -0.3 is 10.8 Å². The van der Waals surface area contributed by atoms with Gasteiger partial charge in [0.25, 0.3) is 0 Å². The second-order valence-corrected chi connectivity index (χ2v) is 8.51. The van der Waals surface area contributed by atoms with Crippen LogP contribution in [0, 0.1) is 11.8 Å². The zero-order valence-corrected chi connectivity index (χ0v) is 14.8. The van der Waals surface area contributed by atoms with E-state index in [2.05, 4.69) is 23.1 Å². The van der Waals surface area contributed by atoms with E-state index in [0.717, 1.165) is 32.5 Å². The highest BCUT2D eigenvalue weighted by Crippen LogP contribution is 2.36. The largest absolute Gasteiger partial charge is 0.393 e. The molecule has 132 valence electrons. The van der Waals surface area contributed by atoms with Gasteiger partial charge >= 0.3 is 0 Å². The molecular weight excluding hydrogens is 296 g/mol. The van der Waals surface area contributed by atoms with Crippen molar-refractivity contribution in [3.8, 4) is 0 Å². The molecule has 0 aromatic heterocycles. The summed E-state index contributed by atoms with van der Waals surface area (Å²) in [5.41, 5.74) is 10.9. The third-order valence-electron chi connectivity index (χ3n) is 6.21. The molecule has 0 amide bonds. The zero-order valence-electron chi connectivity index (χ0n) is 14.8. The number of aliphatic hydroxyl groups is 1. The van der Waals surface area contributed by atoms with Gasteiger partial charge in [-0.25, -0.2) is 0 Å². The molecule has 3 nitrogen and oxygen atoms in total. The van der Waals surface area contributed by atoms with Gasteiger partial charge in [0.15, 0.2) is 0 Å². The fourth-order valence-corrected chi connectivity index (χ4v) is 4.81. The molecule has 3 atom stereocenters. The van der Waals surface area contributed by atoms with Crippen LogP contribution in [-0.2, 0) is 19.4 Å². The minimum Gasteiger partial charge on any atom is -0.393 e. The van der Waals surface area contributed by atoms with Gasteiger partial charge in [0.1, 0.15) is 0 Å². The molecule has 1 heterocycles. The maximum Gasteiger partial charge on any atom is 0.0571 e. The summed E-state index contributed by atoms with van der Waals surface area (Å²) in [5.74, 6) is 1.14. The van der Waals surface area contributed by atoms with Crippen LogP contribution < -0.4 is 5.73 Å². The van der Waals surface area contributed by atoms with E-state index in [4.69, 9.17) is 5.73 Å². The monoisotopic (exact) mass is 328 g/mol. The first-order valence-electron chi connectivity index (χ1n) is 9.94. The lowest BCUT2D eigenvalue weighted by atomic mass is 9.88. The minimum atomic E-state index is -0.0918. The Morgan fingerprint density at radius 2 is 1.92 bits per heavy atom. The third kappa shape index (κ3) is 4.01. The summed E-state index contributed by atoms with van der Waals surface area (Å²) in [6.07, 6.45) is 9.56. The molecule has 3 unspecified atom stereocenters. The molecule has 1 aliphatic heterocycles. The summed E-state index contributed by atoms with van der Waals surface area (Å²) in [6.45, 7) is 3.10. The molecule has 0 spiro atoms. The molecule has 4 rings (SSSR count). The maximum atomic E-state index is 10.3. The van der Waals surface area contributed by atoms with Gasteiger partial charge in [0.05, 0.1) is 6.10 Å². The summed E-state index contributed by atoms with van der Waals surface area (Å²) in [4.78, 5) is 2.52. The molecule has 3 aliphatic rings. The van der Waals surface area contributed by atoms with Gasteiger partial charge in [-0.1, -0.05) is 18.2 Å². The number of aryl methyl sites for hydroxylation is 2. The second-order valence-electron chi connectivity index (χ2n) is 8.51. The Kier molecular flexibility index (Phi) is 4.93. The Morgan fingerprint density at radius 1 is 1.12 bits per heavy atom. The van der Waals surface area contributed by atoms with Crippen LogP contribution in [0.3, 0.4) is 0 Å². The molecule has 1 aromatic carbocycles. The number of likely N-dealkylation sites (tertiary alicyclic amines) is 1. The van der Waals surface area contributed by atoms with Crippen LogP contribution in [0.4, 0.5) is 0 Å². The van der Waals surface area contributed by atoms with Gasteiger partial charge in [-0.3, -0.25) is 4.90 Å². The molecule has 0 bridgehead atoms. The summed E-state index contributed by atoms with van der Waals surface area (Å²) < 4.78 is 0. The third-order valence-corrected chi connectivity index (χ3v) is 6.21. The standard InChI is InChI=1S/C21H32N2O/c22-20-10-16(11-21(24)18-7-8-18)13-23(14-20)12-15-5-6-17-3-1-2-4-19(17)9-15/h5-6,9,16,18,20-21,24H,1-4,7-8,10-14,22H2. The highest BCUT2D eigenvalue weighted by Gasteiger charge is 2.33. The summed E-state index contributed by atoms with van der Waals surface area (Å²) in [6, 6.07) is 7.36. The van der Waals surface area contributed by atoms with Crippen molar-refractivity contribution < 1.29 is 5.11 Å². The van der Waals surface area contributed by atoms with Crippen molar-refractivity contribution in [1.29, 1.82) is 0 Å². The molecule has 1 saturated heterocycles. The lowest BCUT2D eigenvalue weighted by Gasteiger charge is -2.37. The summed E-state index contributed by atoms with van der Waals surface area (Å²) in [5, 5.41) is 10.3. The lowest BCUT2D eigenvalue weighted by Crippen LogP contribution is -2.47. The Bertz CT molecular complexity index is 569. The molecule has 2 aliphatic carbocycles. The molecular formula is C21H32N2O. The number of nitrogens with zero attached hydrogens (tertiary/aromatic N) is 1. The quantitative estimate of drug-likeness (QED) is 0.874. The molecule has 1 saturated carbocycles. The first-order chi connectivity index (χ1) is 11.7. The number of aliphatic hydroxyl groups excluding tert-OH is 1. The van der Waals surface area contributed by atoms with Crippen LogP contribution in [0.2, 0.25) is 0 Å². The zero-order chi connectivity index (χ0) is 16.5. The van der Waals surface area contributed by atoms with E-state index in [1.165, 1.54) is 44.1 Å². The van der Waals surface area contributed by atoms with Crippen LogP contribution in [0.5, 0.6) is 0 Å². The van der Waals surface area contributed by atoms with Gasteiger partial charge in [0, 0.05) is 25.7 Å². The Hall–Kier alpha value is -0.900. The number of benzene rings is 1. The number of nitrogens with two attached hydrogens (primary N) is 1. The predicted molar refractivity (Wildman–Crippen MR) is 97.8 cm³/mol. The number of hydrogen-bond acceptors (Lipinski definition) is 3.